The van der Waals surface area contributed by atoms with Gasteiger partial charge in [-0.3, -0.25) is 9.20 Å². The van der Waals surface area contributed by atoms with Crippen LogP contribution in [0.25, 0.3) is 22.4 Å². The minimum Gasteiger partial charge on any atom is -0.353 e. The monoisotopic (exact) mass is 394 g/mol. The predicted octanol–water partition coefficient (Wildman–Crippen LogP) is 3.36. The van der Waals surface area contributed by atoms with Gasteiger partial charge in [-0.2, -0.15) is 5.10 Å². The van der Waals surface area contributed by atoms with E-state index in [1.165, 1.54) is 17.3 Å². The van der Waals surface area contributed by atoms with Crippen molar-refractivity contribution in [1.82, 2.24) is 29.5 Å². The van der Waals surface area contributed by atoms with E-state index in [2.05, 4.69) is 51.8 Å². The van der Waals surface area contributed by atoms with E-state index >= 15 is 0 Å². The number of fused-ring (bicyclic) bond motifs is 3. The number of aryl methyl sites for hydroxylation is 1. The van der Waals surface area contributed by atoms with E-state index in [4.69, 9.17) is 0 Å². The number of hydrogen-bond donors (Lipinski definition) is 1. The van der Waals surface area contributed by atoms with Crippen molar-refractivity contribution >= 4 is 28.8 Å². The second-order valence-electron chi connectivity index (χ2n) is 6.87. The number of amides is 1. The van der Waals surface area contributed by atoms with Crippen LogP contribution >= 0.6 is 11.8 Å². The van der Waals surface area contributed by atoms with E-state index in [9.17, 15) is 4.79 Å². The number of carbonyl (C=O) groups is 1. The van der Waals surface area contributed by atoms with Crippen molar-refractivity contribution < 1.29 is 4.79 Å². The van der Waals surface area contributed by atoms with Crippen molar-refractivity contribution in [3.8, 4) is 11.3 Å². The number of rotatable bonds is 6. The molecule has 0 bridgehead atoms. The summed E-state index contributed by atoms with van der Waals surface area (Å²) in [4.78, 5) is 12.0. The Bertz CT molecular complexity index is 1130. The molecule has 3 heterocycles. The zero-order valence-electron chi connectivity index (χ0n) is 16.1. The molecular formula is C20H22N6OS. The molecule has 1 unspecified atom stereocenters. The third kappa shape index (κ3) is 3.60. The Kier molecular flexibility index (Phi) is 5.04. The maximum absolute atomic E-state index is 12.0. The number of carbonyl (C=O) groups excluding carboxylic acids is 1. The molecule has 1 N–H and O–H groups in total. The van der Waals surface area contributed by atoms with Gasteiger partial charge in [0, 0.05) is 24.0 Å². The number of aromatic nitrogens is 5. The third-order valence-corrected chi connectivity index (χ3v) is 5.63. The predicted molar refractivity (Wildman–Crippen MR) is 111 cm³/mol. The minimum atomic E-state index is 0.00295. The molecule has 4 aromatic rings. The van der Waals surface area contributed by atoms with Gasteiger partial charge < -0.3 is 5.32 Å². The molecule has 4 rings (SSSR count). The van der Waals surface area contributed by atoms with E-state index < -0.39 is 0 Å². The molecular weight excluding hydrogens is 372 g/mol. The average molecular weight is 395 g/mol. The van der Waals surface area contributed by atoms with E-state index in [0.29, 0.717) is 10.9 Å². The van der Waals surface area contributed by atoms with Gasteiger partial charge >= 0.3 is 0 Å². The summed E-state index contributed by atoms with van der Waals surface area (Å²) < 4.78 is 3.71. The zero-order chi connectivity index (χ0) is 19.7. The maximum atomic E-state index is 12.0. The Hall–Kier alpha value is -2.87. The topological polar surface area (TPSA) is 76.6 Å². The average Bonchev–Trinajstić information content (AvgIpc) is 3.30. The number of nitrogens with zero attached hydrogens (tertiary/aromatic N) is 5. The Balaban J connectivity index is 1.61. The number of hydrogen-bond acceptors (Lipinski definition) is 5. The molecule has 0 fully saturated rings. The Morgan fingerprint density at radius 3 is 2.75 bits per heavy atom. The highest BCUT2D eigenvalue weighted by Gasteiger charge is 2.14. The lowest BCUT2D eigenvalue weighted by molar-refractivity contribution is -0.119. The maximum Gasteiger partial charge on any atom is 0.230 e. The molecule has 0 aliphatic carbocycles. The van der Waals surface area contributed by atoms with Crippen LogP contribution in [0.4, 0.5) is 0 Å². The standard InChI is InChI=1S/C20H22N6OS/c1-4-14(3)21-18(27)12-28-20-23-22-19-17-11-16(15-7-5-13(2)6-8-15)24-26(17)10-9-25(19)20/h5-11,14H,4,12H2,1-3H3,(H,21,27). The van der Waals surface area contributed by atoms with Crippen LogP contribution in [0.1, 0.15) is 25.8 Å². The van der Waals surface area contributed by atoms with E-state index in [0.717, 1.165) is 28.8 Å². The highest BCUT2D eigenvalue weighted by molar-refractivity contribution is 7.99. The Labute approximate surface area is 167 Å². The molecule has 1 atom stereocenters. The molecule has 0 saturated carbocycles. The van der Waals surface area contributed by atoms with Crippen molar-refractivity contribution in [2.75, 3.05) is 5.75 Å². The van der Waals surface area contributed by atoms with Crippen LogP contribution in [0.3, 0.4) is 0 Å². The smallest absolute Gasteiger partial charge is 0.230 e. The first-order chi connectivity index (χ1) is 13.5. The molecule has 8 heteroatoms. The summed E-state index contributed by atoms with van der Waals surface area (Å²) in [6.45, 7) is 6.11. The first kappa shape index (κ1) is 18.5. The van der Waals surface area contributed by atoms with Crippen LogP contribution in [-0.2, 0) is 4.79 Å². The van der Waals surface area contributed by atoms with E-state index in [1.54, 1.807) is 0 Å². The van der Waals surface area contributed by atoms with Crippen LogP contribution in [0, 0.1) is 6.92 Å². The van der Waals surface area contributed by atoms with Crippen molar-refractivity contribution in [2.45, 2.75) is 38.4 Å². The first-order valence-electron chi connectivity index (χ1n) is 9.27. The van der Waals surface area contributed by atoms with Crippen LogP contribution in [0.5, 0.6) is 0 Å². The Morgan fingerprint density at radius 2 is 2.00 bits per heavy atom. The molecule has 3 aromatic heterocycles. The molecule has 0 aliphatic rings. The van der Waals surface area contributed by atoms with Gasteiger partial charge in [-0.25, -0.2) is 4.52 Å². The molecule has 144 valence electrons. The third-order valence-electron chi connectivity index (χ3n) is 4.69. The van der Waals surface area contributed by atoms with Crippen molar-refractivity contribution in [3.63, 3.8) is 0 Å². The molecule has 0 radical (unpaired) electrons. The lowest BCUT2D eigenvalue weighted by Gasteiger charge is -2.10. The molecule has 1 aromatic carbocycles. The van der Waals surface area contributed by atoms with Crippen molar-refractivity contribution in [2.24, 2.45) is 0 Å². The highest BCUT2D eigenvalue weighted by Crippen LogP contribution is 2.24. The van der Waals surface area contributed by atoms with E-state index in [1.807, 2.05) is 41.2 Å². The second-order valence-corrected chi connectivity index (χ2v) is 7.81. The van der Waals surface area contributed by atoms with Gasteiger partial charge in [-0.1, -0.05) is 48.5 Å². The lowest BCUT2D eigenvalue weighted by Crippen LogP contribution is -2.33. The quantitative estimate of drug-likeness (QED) is 0.508. The molecule has 7 nitrogen and oxygen atoms in total. The second kappa shape index (κ2) is 7.63. The molecule has 1 amide bonds. The van der Waals surface area contributed by atoms with Crippen LogP contribution in [0.2, 0.25) is 0 Å². The SMILES string of the molecule is CCC(C)NC(=O)CSc1nnc2c3cc(-c4ccc(C)cc4)nn3ccn12. The summed E-state index contributed by atoms with van der Waals surface area (Å²) >= 11 is 1.38. The summed E-state index contributed by atoms with van der Waals surface area (Å²) in [6, 6.07) is 10.5. The van der Waals surface area contributed by atoms with Crippen LogP contribution in [-0.4, -0.2) is 41.9 Å². The van der Waals surface area contributed by atoms with Gasteiger partial charge in [0.15, 0.2) is 10.8 Å². The summed E-state index contributed by atoms with van der Waals surface area (Å²) in [7, 11) is 0. The normalized spacial score (nSPS) is 12.5. The van der Waals surface area contributed by atoms with Gasteiger partial charge in [0.1, 0.15) is 5.52 Å². The summed E-state index contributed by atoms with van der Waals surface area (Å²) in [5.41, 5.74) is 4.76. The van der Waals surface area contributed by atoms with Gasteiger partial charge in [0.25, 0.3) is 0 Å². The van der Waals surface area contributed by atoms with Crippen molar-refractivity contribution in [1.29, 1.82) is 0 Å². The van der Waals surface area contributed by atoms with Crippen LogP contribution in [0.15, 0.2) is 47.9 Å². The fourth-order valence-corrected chi connectivity index (χ4v) is 3.63. The first-order valence-corrected chi connectivity index (χ1v) is 10.3. The van der Waals surface area contributed by atoms with Gasteiger partial charge in [0.2, 0.25) is 5.91 Å². The van der Waals surface area contributed by atoms with Gasteiger partial charge in [-0.15, -0.1) is 10.2 Å². The molecule has 0 spiro atoms. The number of thioether (sulfide) groups is 1. The van der Waals surface area contributed by atoms with Gasteiger partial charge in [-0.05, 0) is 26.3 Å². The number of nitrogens with one attached hydrogen (secondary N) is 1. The molecule has 0 saturated heterocycles. The van der Waals surface area contributed by atoms with Crippen molar-refractivity contribution in [3.05, 3.63) is 48.3 Å². The molecule has 28 heavy (non-hydrogen) atoms. The molecule has 0 aliphatic heterocycles. The van der Waals surface area contributed by atoms with Gasteiger partial charge in [0.05, 0.1) is 11.4 Å². The fraction of sp³-hybridized carbons (Fsp3) is 0.300. The summed E-state index contributed by atoms with van der Waals surface area (Å²) in [5.74, 6) is 0.313. The summed E-state index contributed by atoms with van der Waals surface area (Å²) in [6.07, 6.45) is 4.67. The Morgan fingerprint density at radius 1 is 1.21 bits per heavy atom. The zero-order valence-corrected chi connectivity index (χ0v) is 16.9. The van der Waals surface area contributed by atoms with E-state index in [-0.39, 0.29) is 11.9 Å². The summed E-state index contributed by atoms with van der Waals surface area (Å²) in [5, 5.41) is 16.9. The lowest BCUT2D eigenvalue weighted by atomic mass is 10.1. The highest BCUT2D eigenvalue weighted by atomic mass is 32.2. The fourth-order valence-electron chi connectivity index (χ4n) is 2.90. The number of benzene rings is 1. The minimum absolute atomic E-state index is 0.00295. The largest absolute Gasteiger partial charge is 0.353 e. The van der Waals surface area contributed by atoms with Crippen LogP contribution < -0.4 is 5.32 Å².